The van der Waals surface area contributed by atoms with Crippen molar-refractivity contribution < 1.29 is 14.7 Å². The molecule has 0 atom stereocenters. The van der Waals surface area contributed by atoms with Gasteiger partial charge in [-0.25, -0.2) is 0 Å². The van der Waals surface area contributed by atoms with E-state index < -0.39 is 0 Å². The third-order valence-electron chi connectivity index (χ3n) is 3.82. The Balaban J connectivity index is 1.70. The Morgan fingerprint density at radius 2 is 1.91 bits per heavy atom. The first-order valence-electron chi connectivity index (χ1n) is 7.51. The summed E-state index contributed by atoms with van der Waals surface area (Å²) in [6, 6.07) is 15.7. The zero-order valence-corrected chi connectivity index (χ0v) is 13.0. The van der Waals surface area contributed by atoms with E-state index in [0.29, 0.717) is 6.61 Å². The molecule has 2 aromatic carbocycles. The van der Waals surface area contributed by atoms with Crippen LogP contribution in [-0.4, -0.2) is 24.5 Å². The van der Waals surface area contributed by atoms with Crippen molar-refractivity contribution in [3.63, 3.8) is 0 Å². The number of hydrogen-bond donors (Lipinski definition) is 1. The molecule has 0 amide bonds. The molecule has 0 fully saturated rings. The molecule has 118 valence electrons. The largest absolute Gasteiger partial charge is 0.487 e. The van der Waals surface area contributed by atoms with Crippen molar-refractivity contribution in [3.05, 3.63) is 70.8 Å². The molecule has 3 rings (SSSR count). The average Bonchev–Trinajstić information content (AvgIpc) is 3.03. The number of benzene rings is 2. The molecule has 0 aliphatic heterocycles. The molecule has 1 N–H and O–H groups in total. The molecule has 4 heteroatoms. The summed E-state index contributed by atoms with van der Waals surface area (Å²) in [5, 5.41) is 13.2. The maximum absolute atomic E-state index is 9.06. The molecule has 1 aliphatic carbocycles. The minimum atomic E-state index is 0.0296. The summed E-state index contributed by atoms with van der Waals surface area (Å²) in [5.41, 5.74) is 5.27. The Hall–Kier alpha value is -2.59. The number of ether oxygens (including phenoxy) is 1. The van der Waals surface area contributed by atoms with Crippen LogP contribution in [0.25, 0.3) is 6.08 Å². The molecule has 0 saturated heterocycles. The molecule has 1 aliphatic rings. The summed E-state index contributed by atoms with van der Waals surface area (Å²) in [4.78, 5) is 4.97. The van der Waals surface area contributed by atoms with Crippen LogP contribution >= 0.6 is 0 Å². The Kier molecular flexibility index (Phi) is 4.74. The van der Waals surface area contributed by atoms with Crippen LogP contribution in [0.15, 0.2) is 59.3 Å². The van der Waals surface area contributed by atoms with Gasteiger partial charge < -0.3 is 14.7 Å². The number of aliphatic hydroxyl groups is 1. The molecule has 0 aromatic heterocycles. The first-order valence-corrected chi connectivity index (χ1v) is 7.51. The number of nitrogens with zero attached hydrogens (tertiary/aromatic N) is 1. The van der Waals surface area contributed by atoms with Gasteiger partial charge in [-0.15, -0.1) is 0 Å². The fourth-order valence-corrected chi connectivity index (χ4v) is 2.60. The summed E-state index contributed by atoms with van der Waals surface area (Å²) in [6.45, 7) is 0.369. The van der Waals surface area contributed by atoms with Crippen LogP contribution in [0.5, 0.6) is 5.75 Å². The third kappa shape index (κ3) is 3.60. The van der Waals surface area contributed by atoms with E-state index in [4.69, 9.17) is 14.7 Å². The van der Waals surface area contributed by atoms with Crippen molar-refractivity contribution in [2.24, 2.45) is 5.16 Å². The number of fused-ring (bicyclic) bond motifs is 1. The highest BCUT2D eigenvalue weighted by Crippen LogP contribution is 2.26. The lowest BCUT2D eigenvalue weighted by molar-refractivity contribution is 0.210. The normalized spacial score (nSPS) is 13.5. The second-order valence-corrected chi connectivity index (χ2v) is 5.36. The zero-order valence-electron chi connectivity index (χ0n) is 13.0. The van der Waals surface area contributed by atoms with Gasteiger partial charge in [0, 0.05) is 6.42 Å². The highest BCUT2D eigenvalue weighted by atomic mass is 16.6. The minimum absolute atomic E-state index is 0.0296. The van der Waals surface area contributed by atoms with Gasteiger partial charge in [0.1, 0.15) is 25.2 Å². The van der Waals surface area contributed by atoms with Gasteiger partial charge >= 0.3 is 0 Å². The van der Waals surface area contributed by atoms with E-state index in [9.17, 15) is 0 Å². The van der Waals surface area contributed by atoms with Crippen molar-refractivity contribution >= 4 is 11.8 Å². The van der Waals surface area contributed by atoms with Crippen molar-refractivity contribution in [1.29, 1.82) is 0 Å². The zero-order chi connectivity index (χ0) is 16.1. The first-order chi connectivity index (χ1) is 11.3. The lowest BCUT2D eigenvalue weighted by Gasteiger charge is -2.10. The van der Waals surface area contributed by atoms with Gasteiger partial charge in [0.05, 0.1) is 6.61 Å². The predicted molar refractivity (Wildman–Crippen MR) is 90.4 cm³/mol. The maximum atomic E-state index is 9.06. The molecule has 2 aromatic rings. The van der Waals surface area contributed by atoms with Crippen LogP contribution in [0, 0.1) is 0 Å². The molecule has 23 heavy (non-hydrogen) atoms. The van der Waals surface area contributed by atoms with Gasteiger partial charge in [-0.3, -0.25) is 0 Å². The first kappa shape index (κ1) is 15.3. The van der Waals surface area contributed by atoms with Crippen LogP contribution in [0.1, 0.15) is 16.7 Å². The van der Waals surface area contributed by atoms with Crippen molar-refractivity contribution in [3.8, 4) is 5.75 Å². The fraction of sp³-hybridized carbons (Fsp3) is 0.211. The topological polar surface area (TPSA) is 51.0 Å². The Bertz CT molecular complexity index is 733. The third-order valence-corrected chi connectivity index (χ3v) is 3.82. The average molecular weight is 309 g/mol. The molecule has 0 saturated carbocycles. The molecule has 0 heterocycles. The smallest absolute Gasteiger partial charge is 0.134 e. The van der Waals surface area contributed by atoms with E-state index in [1.165, 1.54) is 11.1 Å². The van der Waals surface area contributed by atoms with Crippen LogP contribution < -0.4 is 4.74 Å². The molecule has 4 nitrogen and oxygen atoms in total. The van der Waals surface area contributed by atoms with Gasteiger partial charge in [0.25, 0.3) is 0 Å². The molecular formula is C19H19NO3. The highest BCUT2D eigenvalue weighted by Gasteiger charge is 2.17. The van der Waals surface area contributed by atoms with Crippen molar-refractivity contribution in [1.82, 2.24) is 0 Å². The molecule has 0 spiro atoms. The number of oxime groups is 1. The van der Waals surface area contributed by atoms with Crippen LogP contribution in [0.3, 0.4) is 0 Å². The standard InChI is InChI=1S/C19H19NO3/c1-22-20-19(13-23-18-8-6-14(12-21)7-9-18)17-10-15-4-2-3-5-16(15)11-17/h2-10,21H,11-13H2,1H3. The van der Waals surface area contributed by atoms with Gasteiger partial charge in [0.2, 0.25) is 0 Å². The molecular weight excluding hydrogens is 290 g/mol. The van der Waals surface area contributed by atoms with Gasteiger partial charge in [-0.05, 0) is 40.5 Å². The summed E-state index contributed by atoms with van der Waals surface area (Å²) in [7, 11) is 1.54. The summed E-state index contributed by atoms with van der Waals surface area (Å²) in [6.07, 6.45) is 2.97. The quantitative estimate of drug-likeness (QED) is 0.658. The maximum Gasteiger partial charge on any atom is 0.134 e. The van der Waals surface area contributed by atoms with Gasteiger partial charge in [-0.1, -0.05) is 41.6 Å². The lowest BCUT2D eigenvalue weighted by atomic mass is 10.1. The Morgan fingerprint density at radius 3 is 2.61 bits per heavy atom. The molecule has 0 unspecified atom stereocenters. The Labute approximate surface area is 135 Å². The fourth-order valence-electron chi connectivity index (χ4n) is 2.60. The van der Waals surface area contributed by atoms with E-state index in [0.717, 1.165) is 29.0 Å². The van der Waals surface area contributed by atoms with E-state index in [1.807, 2.05) is 36.4 Å². The van der Waals surface area contributed by atoms with Crippen molar-refractivity contribution in [2.75, 3.05) is 13.7 Å². The highest BCUT2D eigenvalue weighted by molar-refractivity contribution is 6.06. The predicted octanol–water partition coefficient (Wildman–Crippen LogP) is 3.20. The van der Waals surface area contributed by atoms with Crippen molar-refractivity contribution in [2.45, 2.75) is 13.0 Å². The SMILES string of the molecule is CON=C(COc1ccc(CO)cc1)C1=Cc2ccccc2C1. The molecule has 0 bridgehead atoms. The van der Waals surface area contributed by atoms with E-state index in [1.54, 1.807) is 7.11 Å². The van der Waals surface area contributed by atoms with E-state index in [2.05, 4.69) is 23.4 Å². The van der Waals surface area contributed by atoms with Gasteiger partial charge in [0.15, 0.2) is 0 Å². The number of hydrogen-bond acceptors (Lipinski definition) is 4. The molecule has 0 radical (unpaired) electrons. The van der Waals surface area contributed by atoms with Gasteiger partial charge in [-0.2, -0.15) is 0 Å². The number of rotatable bonds is 6. The summed E-state index contributed by atoms with van der Waals surface area (Å²) >= 11 is 0. The van der Waals surface area contributed by atoms with Crippen LogP contribution in [-0.2, 0) is 17.9 Å². The van der Waals surface area contributed by atoms with E-state index >= 15 is 0 Å². The minimum Gasteiger partial charge on any atom is -0.487 e. The summed E-state index contributed by atoms with van der Waals surface area (Å²) < 4.78 is 5.80. The monoisotopic (exact) mass is 309 g/mol. The second kappa shape index (κ2) is 7.11. The van der Waals surface area contributed by atoms with Crippen LogP contribution in [0.4, 0.5) is 0 Å². The van der Waals surface area contributed by atoms with E-state index in [-0.39, 0.29) is 6.61 Å². The summed E-state index contributed by atoms with van der Waals surface area (Å²) in [5.74, 6) is 0.738. The number of aliphatic hydroxyl groups excluding tert-OH is 1. The second-order valence-electron chi connectivity index (χ2n) is 5.36. The van der Waals surface area contributed by atoms with Crippen LogP contribution in [0.2, 0.25) is 0 Å². The Morgan fingerprint density at radius 1 is 1.13 bits per heavy atom. The lowest BCUT2D eigenvalue weighted by Crippen LogP contribution is -2.15.